The maximum Gasteiger partial charge on any atom is 0.259 e. The molecule has 20 heavy (non-hydrogen) atoms. The molecule has 0 atom stereocenters. The van der Waals surface area contributed by atoms with Crippen LogP contribution < -0.4 is 11.1 Å². The van der Waals surface area contributed by atoms with Gasteiger partial charge in [0.2, 0.25) is 0 Å². The molecule has 2 aromatic rings. The second-order valence-electron chi connectivity index (χ2n) is 4.11. The van der Waals surface area contributed by atoms with Crippen LogP contribution in [0.4, 0.5) is 20.2 Å². The molecule has 0 spiro atoms. The number of aryl methyl sites for hydroxylation is 1. The quantitative estimate of drug-likeness (QED) is 0.823. The van der Waals surface area contributed by atoms with Gasteiger partial charge in [-0.15, -0.1) is 0 Å². The van der Waals surface area contributed by atoms with E-state index in [1.807, 2.05) is 0 Å². The average molecular weight is 342 g/mol. The first-order valence-electron chi connectivity index (χ1n) is 5.56. The van der Waals surface area contributed by atoms with E-state index >= 15 is 0 Å². The highest BCUT2D eigenvalue weighted by Gasteiger charge is 2.14. The molecule has 0 aliphatic heterocycles. The van der Waals surface area contributed by atoms with E-state index < -0.39 is 17.5 Å². The van der Waals surface area contributed by atoms with Crippen LogP contribution in [0.1, 0.15) is 16.1 Å². The van der Waals surface area contributed by atoms with Crippen LogP contribution in [0.5, 0.6) is 0 Å². The number of nitrogen functional groups attached to an aromatic ring is 1. The standard InChI is InChI=1S/C13H10BrF2N3O/c1-6-2-11(17)7(5-18-6)13(20)19-12-3-8(14)9(15)4-10(12)16/h2-5H,1H3,(H2,17,18)(H,19,20). The summed E-state index contributed by atoms with van der Waals surface area (Å²) in [6.07, 6.45) is 1.30. The molecule has 104 valence electrons. The van der Waals surface area contributed by atoms with Crippen LogP contribution in [0.3, 0.4) is 0 Å². The average Bonchev–Trinajstić information content (AvgIpc) is 2.35. The van der Waals surface area contributed by atoms with Crippen molar-refractivity contribution in [3.63, 3.8) is 0 Å². The number of carbonyl (C=O) groups is 1. The Morgan fingerprint density at radius 2 is 2.00 bits per heavy atom. The molecule has 4 nitrogen and oxygen atoms in total. The Labute approximate surface area is 122 Å². The lowest BCUT2D eigenvalue weighted by Crippen LogP contribution is -2.15. The van der Waals surface area contributed by atoms with Crippen molar-refractivity contribution in [3.05, 3.63) is 51.8 Å². The lowest BCUT2D eigenvalue weighted by Gasteiger charge is -2.09. The largest absolute Gasteiger partial charge is 0.398 e. The van der Waals surface area contributed by atoms with Crippen molar-refractivity contribution in [2.75, 3.05) is 11.1 Å². The van der Waals surface area contributed by atoms with Crippen LogP contribution in [-0.4, -0.2) is 10.9 Å². The van der Waals surface area contributed by atoms with Crippen LogP contribution in [0.2, 0.25) is 0 Å². The molecule has 1 aromatic heterocycles. The van der Waals surface area contributed by atoms with Crippen molar-refractivity contribution in [2.45, 2.75) is 6.92 Å². The minimum atomic E-state index is -0.877. The summed E-state index contributed by atoms with van der Waals surface area (Å²) in [5.41, 5.74) is 6.57. The Kier molecular flexibility index (Phi) is 3.99. The van der Waals surface area contributed by atoms with Crippen LogP contribution in [0, 0.1) is 18.6 Å². The van der Waals surface area contributed by atoms with Gasteiger partial charge in [-0.05, 0) is 35.0 Å². The van der Waals surface area contributed by atoms with Gasteiger partial charge in [-0.2, -0.15) is 0 Å². The summed E-state index contributed by atoms with van der Waals surface area (Å²) in [7, 11) is 0. The minimum absolute atomic E-state index is 0.0456. The number of benzene rings is 1. The van der Waals surface area contributed by atoms with Crippen molar-refractivity contribution in [1.82, 2.24) is 4.98 Å². The fourth-order valence-electron chi connectivity index (χ4n) is 1.58. The first-order chi connectivity index (χ1) is 9.38. The first kappa shape index (κ1) is 14.4. The summed E-state index contributed by atoms with van der Waals surface area (Å²) in [6.45, 7) is 1.73. The van der Waals surface area contributed by atoms with E-state index in [0.29, 0.717) is 11.8 Å². The lowest BCUT2D eigenvalue weighted by molar-refractivity contribution is 0.102. The molecule has 0 aliphatic carbocycles. The minimum Gasteiger partial charge on any atom is -0.398 e. The lowest BCUT2D eigenvalue weighted by atomic mass is 10.2. The molecule has 0 fully saturated rings. The molecule has 0 saturated heterocycles. The van der Waals surface area contributed by atoms with Crippen LogP contribution in [0.25, 0.3) is 0 Å². The summed E-state index contributed by atoms with van der Waals surface area (Å²) in [5, 5.41) is 2.32. The highest BCUT2D eigenvalue weighted by Crippen LogP contribution is 2.24. The fourth-order valence-corrected chi connectivity index (χ4v) is 1.92. The Bertz CT molecular complexity index is 692. The molecule has 0 bridgehead atoms. The number of nitrogens with two attached hydrogens (primary N) is 1. The van der Waals surface area contributed by atoms with E-state index in [2.05, 4.69) is 26.2 Å². The van der Waals surface area contributed by atoms with Crippen LogP contribution >= 0.6 is 15.9 Å². The number of carbonyl (C=O) groups excluding carboxylic acids is 1. The van der Waals surface area contributed by atoms with Gasteiger partial charge in [0, 0.05) is 23.6 Å². The zero-order valence-corrected chi connectivity index (χ0v) is 12.0. The van der Waals surface area contributed by atoms with Gasteiger partial charge in [-0.1, -0.05) is 0 Å². The van der Waals surface area contributed by atoms with Crippen LogP contribution in [-0.2, 0) is 0 Å². The zero-order chi connectivity index (χ0) is 14.9. The van der Waals surface area contributed by atoms with E-state index in [9.17, 15) is 13.6 Å². The number of anilines is 2. The second kappa shape index (κ2) is 5.54. The number of rotatable bonds is 2. The third kappa shape index (κ3) is 2.93. The van der Waals surface area contributed by atoms with Gasteiger partial charge in [-0.25, -0.2) is 8.78 Å². The summed E-state index contributed by atoms with van der Waals surface area (Å²) < 4.78 is 26.7. The molecule has 0 radical (unpaired) electrons. The predicted octanol–water partition coefficient (Wildman–Crippen LogP) is 3.27. The molecule has 3 N–H and O–H groups in total. The SMILES string of the molecule is Cc1cc(N)c(C(=O)Nc2cc(Br)c(F)cc2F)cn1. The molecule has 0 aliphatic rings. The van der Waals surface area contributed by atoms with Crippen molar-refractivity contribution >= 4 is 33.2 Å². The number of aromatic nitrogens is 1. The third-order valence-corrected chi connectivity index (χ3v) is 3.18. The highest BCUT2D eigenvalue weighted by molar-refractivity contribution is 9.10. The first-order valence-corrected chi connectivity index (χ1v) is 6.36. The van der Waals surface area contributed by atoms with Gasteiger partial charge in [0.1, 0.15) is 11.6 Å². The van der Waals surface area contributed by atoms with Gasteiger partial charge < -0.3 is 11.1 Å². The number of nitrogens with zero attached hydrogens (tertiary/aromatic N) is 1. The number of halogens is 3. The van der Waals surface area contributed by atoms with E-state index in [1.54, 1.807) is 6.92 Å². The van der Waals surface area contributed by atoms with Crippen LogP contribution in [0.15, 0.2) is 28.9 Å². The summed E-state index contributed by atoms with van der Waals surface area (Å²) in [5.74, 6) is -2.25. The van der Waals surface area contributed by atoms with Gasteiger partial charge in [0.05, 0.1) is 15.7 Å². The normalized spacial score (nSPS) is 10.4. The zero-order valence-electron chi connectivity index (χ0n) is 10.4. The van der Waals surface area contributed by atoms with Gasteiger partial charge >= 0.3 is 0 Å². The molecule has 1 amide bonds. The Hall–Kier alpha value is -2.02. The Balaban J connectivity index is 2.30. The molecule has 2 rings (SSSR count). The van der Waals surface area contributed by atoms with E-state index in [0.717, 1.165) is 6.07 Å². The van der Waals surface area contributed by atoms with E-state index in [-0.39, 0.29) is 21.4 Å². The fraction of sp³-hybridized carbons (Fsp3) is 0.0769. The molecule has 0 unspecified atom stereocenters. The maximum absolute atomic E-state index is 13.5. The third-order valence-electron chi connectivity index (χ3n) is 2.58. The topological polar surface area (TPSA) is 68.0 Å². The summed E-state index contributed by atoms with van der Waals surface area (Å²) in [6, 6.07) is 3.35. The van der Waals surface area contributed by atoms with E-state index in [4.69, 9.17) is 5.73 Å². The number of hydrogen-bond acceptors (Lipinski definition) is 3. The van der Waals surface area contributed by atoms with Gasteiger partial charge in [0.25, 0.3) is 5.91 Å². The molecule has 7 heteroatoms. The number of nitrogens with one attached hydrogen (secondary N) is 1. The molecule has 1 heterocycles. The molecule has 1 aromatic carbocycles. The number of hydrogen-bond donors (Lipinski definition) is 2. The monoisotopic (exact) mass is 341 g/mol. The van der Waals surface area contributed by atoms with E-state index in [1.165, 1.54) is 12.3 Å². The number of pyridine rings is 1. The molecular formula is C13H10BrF2N3O. The smallest absolute Gasteiger partial charge is 0.259 e. The summed E-state index contributed by atoms with van der Waals surface area (Å²) >= 11 is 2.92. The van der Waals surface area contributed by atoms with Crippen molar-refractivity contribution < 1.29 is 13.6 Å². The molecular weight excluding hydrogens is 332 g/mol. The Morgan fingerprint density at radius 1 is 1.30 bits per heavy atom. The van der Waals surface area contributed by atoms with Crippen molar-refractivity contribution in [3.8, 4) is 0 Å². The van der Waals surface area contributed by atoms with Crippen molar-refractivity contribution in [2.24, 2.45) is 0 Å². The molecule has 0 saturated carbocycles. The Morgan fingerprint density at radius 3 is 2.65 bits per heavy atom. The van der Waals surface area contributed by atoms with Crippen molar-refractivity contribution in [1.29, 1.82) is 0 Å². The predicted molar refractivity (Wildman–Crippen MR) is 75.4 cm³/mol. The number of amides is 1. The second-order valence-corrected chi connectivity index (χ2v) is 4.97. The maximum atomic E-state index is 13.5. The summed E-state index contributed by atoms with van der Waals surface area (Å²) in [4.78, 5) is 15.9. The van der Waals surface area contributed by atoms with Gasteiger partial charge in [-0.3, -0.25) is 9.78 Å². The van der Waals surface area contributed by atoms with Gasteiger partial charge in [0.15, 0.2) is 0 Å². The highest BCUT2D eigenvalue weighted by atomic mass is 79.9.